The van der Waals surface area contributed by atoms with Crippen LogP contribution in [0.2, 0.25) is 0 Å². The van der Waals surface area contributed by atoms with Crippen LogP contribution in [-0.2, 0) is 16.0 Å². The van der Waals surface area contributed by atoms with Crippen molar-refractivity contribution in [2.75, 3.05) is 13.7 Å². The van der Waals surface area contributed by atoms with Crippen LogP contribution < -0.4 is 0 Å². The van der Waals surface area contributed by atoms with Gasteiger partial charge in [-0.1, -0.05) is 30.3 Å². The predicted molar refractivity (Wildman–Crippen MR) is 61.9 cm³/mol. The van der Waals surface area contributed by atoms with Crippen molar-refractivity contribution in [1.82, 2.24) is 4.90 Å². The second kappa shape index (κ2) is 5.12. The molecule has 1 aliphatic rings. The van der Waals surface area contributed by atoms with Crippen LogP contribution in [0, 0.1) is 0 Å². The van der Waals surface area contributed by atoms with Crippen molar-refractivity contribution < 1.29 is 9.53 Å². The van der Waals surface area contributed by atoms with E-state index >= 15 is 0 Å². The summed E-state index contributed by atoms with van der Waals surface area (Å²) in [5.74, 6) is 0.163. The summed E-state index contributed by atoms with van der Waals surface area (Å²) in [7, 11) is 1.67. The van der Waals surface area contributed by atoms with E-state index in [0.717, 1.165) is 24.9 Å². The standard InChI is InChI=1S/C13H17NO2/c1-16-13-8-5-9-14(13)12(15)10-11-6-3-2-4-7-11/h2-4,6-7,13H,5,8-10H2,1H3. The first-order chi connectivity index (χ1) is 7.81. The number of hydrogen-bond acceptors (Lipinski definition) is 2. The van der Waals surface area contributed by atoms with Crippen LogP contribution in [0.5, 0.6) is 0 Å². The predicted octanol–water partition coefficient (Wildman–Crippen LogP) is 1.82. The van der Waals surface area contributed by atoms with Crippen LogP contribution in [0.15, 0.2) is 30.3 Å². The Kier molecular flexibility index (Phi) is 3.57. The van der Waals surface area contributed by atoms with Crippen molar-refractivity contribution in [2.45, 2.75) is 25.5 Å². The minimum Gasteiger partial charge on any atom is -0.362 e. The van der Waals surface area contributed by atoms with Gasteiger partial charge in [-0.25, -0.2) is 0 Å². The Morgan fingerprint density at radius 2 is 2.19 bits per heavy atom. The number of benzene rings is 1. The van der Waals surface area contributed by atoms with Crippen molar-refractivity contribution in [2.24, 2.45) is 0 Å². The Morgan fingerprint density at radius 1 is 1.44 bits per heavy atom. The van der Waals surface area contributed by atoms with Crippen molar-refractivity contribution in [1.29, 1.82) is 0 Å². The molecule has 1 aromatic rings. The van der Waals surface area contributed by atoms with Crippen molar-refractivity contribution in [3.8, 4) is 0 Å². The Bertz CT molecular complexity index is 350. The number of carbonyl (C=O) groups is 1. The van der Waals surface area contributed by atoms with Crippen LogP contribution in [0.1, 0.15) is 18.4 Å². The zero-order chi connectivity index (χ0) is 11.4. The molecule has 3 heteroatoms. The molecule has 0 aliphatic carbocycles. The van der Waals surface area contributed by atoms with Crippen LogP contribution in [0.4, 0.5) is 0 Å². The maximum absolute atomic E-state index is 12.0. The summed E-state index contributed by atoms with van der Waals surface area (Å²) in [4.78, 5) is 13.9. The van der Waals surface area contributed by atoms with Crippen LogP contribution >= 0.6 is 0 Å². The molecule has 0 N–H and O–H groups in total. The highest BCUT2D eigenvalue weighted by atomic mass is 16.5. The van der Waals surface area contributed by atoms with Crippen molar-refractivity contribution >= 4 is 5.91 Å². The van der Waals surface area contributed by atoms with E-state index in [2.05, 4.69) is 0 Å². The van der Waals surface area contributed by atoms with Gasteiger partial charge in [0.05, 0.1) is 6.42 Å². The summed E-state index contributed by atoms with van der Waals surface area (Å²) < 4.78 is 5.29. The molecule has 1 saturated heterocycles. The van der Waals surface area contributed by atoms with E-state index in [1.807, 2.05) is 35.2 Å². The summed E-state index contributed by atoms with van der Waals surface area (Å²) in [6.45, 7) is 0.824. The van der Waals surface area contributed by atoms with Gasteiger partial charge in [0.15, 0.2) is 0 Å². The van der Waals surface area contributed by atoms with Gasteiger partial charge in [-0.05, 0) is 18.4 Å². The molecular formula is C13H17NO2. The highest BCUT2D eigenvalue weighted by Crippen LogP contribution is 2.18. The third kappa shape index (κ3) is 2.42. The number of ether oxygens (including phenoxy) is 1. The van der Waals surface area contributed by atoms with E-state index in [0.29, 0.717) is 6.42 Å². The smallest absolute Gasteiger partial charge is 0.229 e. The molecule has 3 nitrogen and oxygen atoms in total. The van der Waals surface area contributed by atoms with Gasteiger partial charge in [-0.2, -0.15) is 0 Å². The normalized spacial score (nSPS) is 20.1. The van der Waals surface area contributed by atoms with Crippen LogP contribution in [0.3, 0.4) is 0 Å². The molecule has 0 aromatic heterocycles. The zero-order valence-electron chi connectivity index (χ0n) is 9.56. The molecule has 16 heavy (non-hydrogen) atoms. The molecule has 1 atom stereocenters. The Labute approximate surface area is 96.0 Å². The first-order valence-electron chi connectivity index (χ1n) is 5.67. The lowest BCUT2D eigenvalue weighted by atomic mass is 10.1. The number of nitrogens with zero attached hydrogens (tertiary/aromatic N) is 1. The molecule has 1 heterocycles. The van der Waals surface area contributed by atoms with E-state index in [1.165, 1.54) is 0 Å². The van der Waals surface area contributed by atoms with E-state index in [-0.39, 0.29) is 12.1 Å². The topological polar surface area (TPSA) is 29.5 Å². The number of carbonyl (C=O) groups excluding carboxylic acids is 1. The molecule has 0 bridgehead atoms. The maximum atomic E-state index is 12.0. The van der Waals surface area contributed by atoms with Gasteiger partial charge in [-0.15, -0.1) is 0 Å². The zero-order valence-corrected chi connectivity index (χ0v) is 9.56. The van der Waals surface area contributed by atoms with Gasteiger partial charge in [0.1, 0.15) is 6.23 Å². The first kappa shape index (κ1) is 11.1. The largest absolute Gasteiger partial charge is 0.362 e. The summed E-state index contributed by atoms with van der Waals surface area (Å²) in [6, 6.07) is 9.84. The van der Waals surface area contributed by atoms with Gasteiger partial charge in [0.25, 0.3) is 0 Å². The third-order valence-corrected chi connectivity index (χ3v) is 2.99. The molecule has 1 fully saturated rings. The molecule has 0 radical (unpaired) electrons. The van der Waals surface area contributed by atoms with Crippen LogP contribution in [0.25, 0.3) is 0 Å². The fourth-order valence-electron chi connectivity index (χ4n) is 2.14. The lowest BCUT2D eigenvalue weighted by molar-refractivity contribution is -0.139. The fourth-order valence-corrected chi connectivity index (χ4v) is 2.14. The molecule has 1 amide bonds. The summed E-state index contributed by atoms with van der Waals surface area (Å²) in [5.41, 5.74) is 1.06. The van der Waals surface area contributed by atoms with Crippen LogP contribution in [-0.4, -0.2) is 30.7 Å². The Hall–Kier alpha value is -1.35. The Balaban J connectivity index is 1.98. The van der Waals surface area contributed by atoms with Crippen molar-refractivity contribution in [3.05, 3.63) is 35.9 Å². The van der Waals surface area contributed by atoms with E-state index in [9.17, 15) is 4.79 Å². The summed E-state index contributed by atoms with van der Waals surface area (Å²) >= 11 is 0. The average Bonchev–Trinajstić information content (AvgIpc) is 2.78. The lowest BCUT2D eigenvalue weighted by Gasteiger charge is -2.23. The molecule has 1 aliphatic heterocycles. The highest BCUT2D eigenvalue weighted by Gasteiger charge is 2.27. The average molecular weight is 219 g/mol. The number of rotatable bonds is 3. The van der Waals surface area contributed by atoms with Gasteiger partial charge in [0.2, 0.25) is 5.91 Å². The number of likely N-dealkylation sites (tertiary alicyclic amines) is 1. The molecular weight excluding hydrogens is 202 g/mol. The number of amides is 1. The van der Waals surface area contributed by atoms with Gasteiger partial charge in [-0.3, -0.25) is 4.79 Å². The molecule has 2 rings (SSSR count). The van der Waals surface area contributed by atoms with Gasteiger partial charge >= 0.3 is 0 Å². The minimum atomic E-state index is -0.0174. The third-order valence-electron chi connectivity index (χ3n) is 2.99. The minimum absolute atomic E-state index is 0.0174. The molecule has 1 aromatic carbocycles. The molecule has 0 saturated carbocycles. The van der Waals surface area contributed by atoms with Gasteiger partial charge in [0, 0.05) is 13.7 Å². The fraction of sp³-hybridized carbons (Fsp3) is 0.462. The van der Waals surface area contributed by atoms with Gasteiger partial charge < -0.3 is 9.64 Å². The van der Waals surface area contributed by atoms with E-state index in [4.69, 9.17) is 4.74 Å². The Morgan fingerprint density at radius 3 is 2.88 bits per heavy atom. The number of hydrogen-bond donors (Lipinski definition) is 0. The summed E-state index contributed by atoms with van der Waals surface area (Å²) in [5, 5.41) is 0. The molecule has 0 spiro atoms. The lowest BCUT2D eigenvalue weighted by Crippen LogP contribution is -2.37. The number of methoxy groups -OCH3 is 1. The molecule has 1 unspecified atom stereocenters. The second-order valence-electron chi connectivity index (χ2n) is 4.08. The van der Waals surface area contributed by atoms with Crippen molar-refractivity contribution in [3.63, 3.8) is 0 Å². The summed E-state index contributed by atoms with van der Waals surface area (Å²) in [6.07, 6.45) is 2.45. The quantitative estimate of drug-likeness (QED) is 0.776. The maximum Gasteiger partial charge on any atom is 0.229 e. The SMILES string of the molecule is COC1CCCN1C(=O)Cc1ccccc1. The highest BCUT2D eigenvalue weighted by molar-refractivity contribution is 5.79. The van der Waals surface area contributed by atoms with E-state index in [1.54, 1.807) is 7.11 Å². The van der Waals surface area contributed by atoms with E-state index < -0.39 is 0 Å². The molecule has 86 valence electrons. The second-order valence-corrected chi connectivity index (χ2v) is 4.08. The monoisotopic (exact) mass is 219 g/mol. The first-order valence-corrected chi connectivity index (χ1v) is 5.67.